The maximum atomic E-state index is 10.4. The number of ether oxygens (including phenoxy) is 1. The van der Waals surface area contributed by atoms with Gasteiger partial charge in [-0.25, -0.2) is 0 Å². The van der Waals surface area contributed by atoms with Crippen LogP contribution in [0.5, 0.6) is 11.5 Å². The van der Waals surface area contributed by atoms with Gasteiger partial charge in [0.1, 0.15) is 18.1 Å². The maximum Gasteiger partial charge on any atom is 0.128 e. The number of aliphatic imine (C=N–C) groups is 1. The van der Waals surface area contributed by atoms with E-state index in [0.29, 0.717) is 12.2 Å². The van der Waals surface area contributed by atoms with E-state index in [9.17, 15) is 5.11 Å². The van der Waals surface area contributed by atoms with Crippen LogP contribution in [0.3, 0.4) is 0 Å². The summed E-state index contributed by atoms with van der Waals surface area (Å²) in [4.78, 5) is 4.42. The molecule has 0 spiro atoms. The topological polar surface area (TPSA) is 41.8 Å². The SMILES string of the molecule is C=CCOc1ccc(N=Cc2cccc(C(C)(C)C)c2O)cc1. The fraction of sp³-hybridized carbons (Fsp3) is 0.250. The molecule has 0 saturated carbocycles. The fourth-order valence-electron chi connectivity index (χ4n) is 2.20. The zero-order valence-electron chi connectivity index (χ0n) is 13.9. The Morgan fingerprint density at radius 1 is 1.13 bits per heavy atom. The van der Waals surface area contributed by atoms with Crippen LogP contribution in [0.25, 0.3) is 0 Å². The Labute approximate surface area is 138 Å². The molecule has 0 amide bonds. The molecule has 0 unspecified atom stereocenters. The number of phenols is 1. The van der Waals surface area contributed by atoms with Gasteiger partial charge in [-0.15, -0.1) is 0 Å². The van der Waals surface area contributed by atoms with Crippen LogP contribution in [0.15, 0.2) is 60.1 Å². The molecule has 2 aromatic carbocycles. The highest BCUT2D eigenvalue weighted by Crippen LogP contribution is 2.32. The number of phenolic OH excluding ortho intramolecular Hbond substituents is 1. The van der Waals surface area contributed by atoms with Crippen molar-refractivity contribution in [2.45, 2.75) is 26.2 Å². The second-order valence-corrected chi connectivity index (χ2v) is 6.35. The molecule has 0 bridgehead atoms. The molecule has 120 valence electrons. The Morgan fingerprint density at radius 3 is 2.43 bits per heavy atom. The highest BCUT2D eigenvalue weighted by atomic mass is 16.5. The third kappa shape index (κ3) is 4.46. The largest absolute Gasteiger partial charge is 0.507 e. The smallest absolute Gasteiger partial charge is 0.128 e. The van der Waals surface area contributed by atoms with Gasteiger partial charge in [0.25, 0.3) is 0 Å². The molecular weight excluding hydrogens is 286 g/mol. The average Bonchev–Trinajstić information content (AvgIpc) is 2.52. The third-order valence-corrected chi connectivity index (χ3v) is 3.43. The van der Waals surface area contributed by atoms with Crippen LogP contribution in [0.4, 0.5) is 5.69 Å². The molecule has 0 aliphatic rings. The molecule has 3 heteroatoms. The van der Waals surface area contributed by atoms with Gasteiger partial charge in [-0.05, 0) is 41.3 Å². The van der Waals surface area contributed by atoms with E-state index in [4.69, 9.17) is 4.74 Å². The summed E-state index contributed by atoms with van der Waals surface area (Å²) in [6, 6.07) is 13.2. The van der Waals surface area contributed by atoms with Gasteiger partial charge in [0.05, 0.1) is 5.69 Å². The summed E-state index contributed by atoms with van der Waals surface area (Å²) < 4.78 is 5.44. The number of benzene rings is 2. The third-order valence-electron chi connectivity index (χ3n) is 3.43. The normalized spacial score (nSPS) is 11.6. The first-order valence-electron chi connectivity index (χ1n) is 7.62. The maximum absolute atomic E-state index is 10.4. The zero-order chi connectivity index (χ0) is 16.9. The first-order valence-corrected chi connectivity index (χ1v) is 7.62. The highest BCUT2D eigenvalue weighted by Gasteiger charge is 2.18. The Kier molecular flexibility index (Phi) is 5.22. The van der Waals surface area contributed by atoms with Gasteiger partial charge < -0.3 is 9.84 Å². The van der Waals surface area contributed by atoms with Crippen LogP contribution < -0.4 is 4.74 Å². The lowest BCUT2D eigenvalue weighted by Gasteiger charge is -2.21. The molecular formula is C20H23NO2. The van der Waals surface area contributed by atoms with Gasteiger partial charge in [-0.1, -0.05) is 45.6 Å². The molecule has 0 heterocycles. The van der Waals surface area contributed by atoms with E-state index in [0.717, 1.165) is 17.0 Å². The monoisotopic (exact) mass is 309 g/mol. The summed E-state index contributed by atoms with van der Waals surface area (Å²) in [6.07, 6.45) is 3.39. The van der Waals surface area contributed by atoms with E-state index in [-0.39, 0.29) is 11.2 Å². The molecule has 3 nitrogen and oxygen atoms in total. The number of aromatic hydroxyl groups is 1. The van der Waals surface area contributed by atoms with Crippen molar-refractivity contribution in [2.24, 2.45) is 4.99 Å². The lowest BCUT2D eigenvalue weighted by Crippen LogP contribution is -2.11. The van der Waals surface area contributed by atoms with Gasteiger partial charge >= 0.3 is 0 Å². The molecule has 2 aromatic rings. The van der Waals surface area contributed by atoms with Crippen molar-refractivity contribution in [3.8, 4) is 11.5 Å². The number of para-hydroxylation sites is 1. The minimum Gasteiger partial charge on any atom is -0.507 e. The summed E-state index contributed by atoms with van der Waals surface area (Å²) in [5, 5.41) is 10.4. The van der Waals surface area contributed by atoms with Crippen LogP contribution in [0.2, 0.25) is 0 Å². The fourth-order valence-corrected chi connectivity index (χ4v) is 2.20. The van der Waals surface area contributed by atoms with E-state index in [1.165, 1.54) is 0 Å². The van der Waals surface area contributed by atoms with Crippen molar-refractivity contribution in [3.63, 3.8) is 0 Å². The van der Waals surface area contributed by atoms with E-state index in [1.54, 1.807) is 12.3 Å². The Morgan fingerprint density at radius 2 is 1.83 bits per heavy atom. The summed E-state index contributed by atoms with van der Waals surface area (Å²) in [5.74, 6) is 1.07. The lowest BCUT2D eigenvalue weighted by molar-refractivity contribution is 0.363. The Balaban J connectivity index is 2.19. The summed E-state index contributed by atoms with van der Waals surface area (Å²) >= 11 is 0. The number of nitrogens with zero attached hydrogens (tertiary/aromatic N) is 1. The van der Waals surface area contributed by atoms with Crippen molar-refractivity contribution in [1.29, 1.82) is 0 Å². The molecule has 0 aliphatic carbocycles. The van der Waals surface area contributed by atoms with Crippen molar-refractivity contribution in [1.82, 2.24) is 0 Å². The Bertz CT molecular complexity index is 695. The van der Waals surface area contributed by atoms with E-state index < -0.39 is 0 Å². The van der Waals surface area contributed by atoms with Gasteiger partial charge in [0.15, 0.2) is 0 Å². The predicted molar refractivity (Wildman–Crippen MR) is 96.2 cm³/mol. The van der Waals surface area contributed by atoms with Crippen LogP contribution in [0.1, 0.15) is 31.9 Å². The second-order valence-electron chi connectivity index (χ2n) is 6.35. The molecule has 0 aromatic heterocycles. The van der Waals surface area contributed by atoms with Crippen molar-refractivity contribution >= 4 is 11.9 Å². The van der Waals surface area contributed by atoms with Gasteiger partial charge in [0.2, 0.25) is 0 Å². The van der Waals surface area contributed by atoms with Crippen LogP contribution in [-0.2, 0) is 5.41 Å². The quantitative estimate of drug-likeness (QED) is 0.623. The van der Waals surface area contributed by atoms with Gasteiger partial charge in [0, 0.05) is 11.8 Å². The Hall–Kier alpha value is -2.55. The van der Waals surface area contributed by atoms with Gasteiger partial charge in [-0.3, -0.25) is 4.99 Å². The van der Waals surface area contributed by atoms with Gasteiger partial charge in [-0.2, -0.15) is 0 Å². The first kappa shape index (κ1) is 16.8. The minimum atomic E-state index is -0.113. The number of rotatable bonds is 5. The summed E-state index contributed by atoms with van der Waals surface area (Å²) in [6.45, 7) is 10.3. The van der Waals surface area contributed by atoms with Crippen LogP contribution in [0, 0.1) is 0 Å². The van der Waals surface area contributed by atoms with E-state index in [2.05, 4.69) is 32.3 Å². The molecule has 0 aliphatic heterocycles. The molecule has 23 heavy (non-hydrogen) atoms. The number of hydrogen-bond donors (Lipinski definition) is 1. The highest BCUT2D eigenvalue weighted by molar-refractivity contribution is 5.86. The molecule has 0 radical (unpaired) electrons. The predicted octanol–water partition coefficient (Wildman–Crippen LogP) is 5.01. The van der Waals surface area contributed by atoms with Crippen LogP contribution in [-0.4, -0.2) is 17.9 Å². The average molecular weight is 309 g/mol. The second kappa shape index (κ2) is 7.14. The van der Waals surface area contributed by atoms with Crippen molar-refractivity contribution in [2.75, 3.05) is 6.61 Å². The lowest BCUT2D eigenvalue weighted by atomic mass is 9.85. The van der Waals surface area contributed by atoms with E-state index in [1.807, 2.05) is 42.5 Å². The van der Waals surface area contributed by atoms with Crippen molar-refractivity contribution in [3.05, 3.63) is 66.2 Å². The number of hydrogen-bond acceptors (Lipinski definition) is 3. The summed E-state index contributed by atoms with van der Waals surface area (Å²) in [7, 11) is 0. The standard InChI is InChI=1S/C20H23NO2/c1-5-13-23-17-11-9-16(10-12-17)21-14-15-7-6-8-18(19(15)22)20(2,3)4/h5-12,14,22H,1,13H2,2-4H3. The minimum absolute atomic E-state index is 0.113. The molecule has 0 atom stereocenters. The molecule has 0 fully saturated rings. The van der Waals surface area contributed by atoms with Crippen molar-refractivity contribution < 1.29 is 9.84 Å². The molecule has 1 N–H and O–H groups in total. The van der Waals surface area contributed by atoms with Crippen LogP contribution >= 0.6 is 0 Å². The van der Waals surface area contributed by atoms with E-state index >= 15 is 0 Å². The molecule has 0 saturated heterocycles. The summed E-state index contributed by atoms with van der Waals surface area (Å²) in [5.41, 5.74) is 2.31. The first-order chi connectivity index (χ1) is 10.9. The zero-order valence-corrected chi connectivity index (χ0v) is 13.9. The molecule has 2 rings (SSSR count).